The summed E-state index contributed by atoms with van der Waals surface area (Å²) in [6, 6.07) is 15.1. The molecular weight excluding hydrogens is 316 g/mol. The molecule has 128 valence electrons. The second kappa shape index (κ2) is 6.59. The van der Waals surface area contributed by atoms with Crippen LogP contribution in [0.5, 0.6) is 5.75 Å². The number of carbonyl (C=O) groups is 2. The van der Waals surface area contributed by atoms with E-state index in [0.29, 0.717) is 30.3 Å². The van der Waals surface area contributed by atoms with Crippen molar-refractivity contribution < 1.29 is 14.3 Å². The maximum Gasteiger partial charge on any atom is 0.251 e. The molecule has 1 aliphatic heterocycles. The van der Waals surface area contributed by atoms with Crippen molar-refractivity contribution in [2.24, 2.45) is 5.92 Å². The summed E-state index contributed by atoms with van der Waals surface area (Å²) in [5, 5.41) is 5.86. The van der Waals surface area contributed by atoms with E-state index in [1.54, 1.807) is 24.3 Å². The van der Waals surface area contributed by atoms with Gasteiger partial charge in [0.1, 0.15) is 12.4 Å². The standard InChI is InChI=1S/C20H20N2O3/c23-19(21-16-8-9-16)14-5-3-6-17(11-14)22-20(24)15-10-13-4-1-2-7-18(13)25-12-15/h1-7,11,15-16H,8-10,12H2,(H,21,23)(H,22,24)/t15-/m1/s1. The number of amides is 2. The zero-order chi connectivity index (χ0) is 17.2. The number of nitrogens with one attached hydrogen (secondary N) is 2. The van der Waals surface area contributed by atoms with Crippen LogP contribution in [0, 0.1) is 5.92 Å². The molecule has 0 aromatic heterocycles. The van der Waals surface area contributed by atoms with Gasteiger partial charge in [0, 0.05) is 17.3 Å². The van der Waals surface area contributed by atoms with Crippen LogP contribution < -0.4 is 15.4 Å². The van der Waals surface area contributed by atoms with Gasteiger partial charge in [0.05, 0.1) is 5.92 Å². The van der Waals surface area contributed by atoms with Crippen molar-refractivity contribution in [2.75, 3.05) is 11.9 Å². The van der Waals surface area contributed by atoms with Crippen LogP contribution in [-0.2, 0) is 11.2 Å². The Labute approximate surface area is 146 Å². The predicted octanol–water partition coefficient (Wildman–Crippen LogP) is 2.77. The smallest absolute Gasteiger partial charge is 0.251 e. The van der Waals surface area contributed by atoms with E-state index in [2.05, 4.69) is 10.6 Å². The topological polar surface area (TPSA) is 67.4 Å². The SMILES string of the molecule is O=C(NC1CC1)c1cccc(NC(=O)[C@H]2COc3ccccc3C2)c1. The summed E-state index contributed by atoms with van der Waals surface area (Å²) < 4.78 is 5.68. The van der Waals surface area contributed by atoms with Gasteiger partial charge < -0.3 is 15.4 Å². The first-order chi connectivity index (χ1) is 12.2. The molecule has 5 nitrogen and oxygen atoms in total. The van der Waals surface area contributed by atoms with Crippen molar-refractivity contribution >= 4 is 17.5 Å². The van der Waals surface area contributed by atoms with Crippen molar-refractivity contribution in [2.45, 2.75) is 25.3 Å². The van der Waals surface area contributed by atoms with Gasteiger partial charge in [-0.05, 0) is 49.1 Å². The first-order valence-electron chi connectivity index (χ1n) is 8.61. The molecule has 0 radical (unpaired) electrons. The maximum atomic E-state index is 12.6. The number of anilines is 1. The van der Waals surface area contributed by atoms with E-state index >= 15 is 0 Å². The molecule has 0 bridgehead atoms. The summed E-state index contributed by atoms with van der Waals surface area (Å²) in [5.74, 6) is 0.437. The molecule has 2 N–H and O–H groups in total. The van der Waals surface area contributed by atoms with E-state index in [-0.39, 0.29) is 17.7 Å². The van der Waals surface area contributed by atoms with Gasteiger partial charge in [0.2, 0.25) is 5.91 Å². The van der Waals surface area contributed by atoms with E-state index in [0.717, 1.165) is 24.2 Å². The molecular formula is C20H20N2O3. The van der Waals surface area contributed by atoms with Crippen molar-refractivity contribution in [3.63, 3.8) is 0 Å². The van der Waals surface area contributed by atoms with E-state index in [4.69, 9.17) is 4.74 Å². The van der Waals surface area contributed by atoms with Gasteiger partial charge in [-0.1, -0.05) is 24.3 Å². The Balaban J connectivity index is 1.42. The largest absolute Gasteiger partial charge is 0.492 e. The lowest BCUT2D eigenvalue weighted by Gasteiger charge is -2.24. The Morgan fingerprint density at radius 1 is 1.04 bits per heavy atom. The lowest BCUT2D eigenvalue weighted by Crippen LogP contribution is -2.32. The highest BCUT2D eigenvalue weighted by molar-refractivity contribution is 5.98. The highest BCUT2D eigenvalue weighted by atomic mass is 16.5. The van der Waals surface area contributed by atoms with Gasteiger partial charge in [-0.3, -0.25) is 9.59 Å². The third-order valence-electron chi connectivity index (χ3n) is 4.55. The van der Waals surface area contributed by atoms with E-state index in [1.165, 1.54) is 0 Å². The molecule has 25 heavy (non-hydrogen) atoms. The average Bonchev–Trinajstić information content (AvgIpc) is 3.45. The lowest BCUT2D eigenvalue weighted by atomic mass is 9.96. The minimum absolute atomic E-state index is 0.0887. The zero-order valence-corrected chi connectivity index (χ0v) is 13.8. The van der Waals surface area contributed by atoms with Gasteiger partial charge in [-0.2, -0.15) is 0 Å². The average molecular weight is 336 g/mol. The minimum atomic E-state index is -0.237. The molecule has 5 heteroatoms. The van der Waals surface area contributed by atoms with Crippen LogP contribution in [0.1, 0.15) is 28.8 Å². The molecule has 2 aromatic carbocycles. The Bertz CT molecular complexity index is 814. The summed E-state index contributed by atoms with van der Waals surface area (Å²) >= 11 is 0. The van der Waals surface area contributed by atoms with Crippen molar-refractivity contribution in [3.8, 4) is 5.75 Å². The van der Waals surface area contributed by atoms with E-state index in [9.17, 15) is 9.59 Å². The van der Waals surface area contributed by atoms with Crippen LogP contribution in [0.4, 0.5) is 5.69 Å². The number of hydrogen-bond donors (Lipinski definition) is 2. The van der Waals surface area contributed by atoms with Crippen LogP contribution in [0.25, 0.3) is 0 Å². The minimum Gasteiger partial charge on any atom is -0.492 e. The van der Waals surface area contributed by atoms with Crippen LogP contribution in [0.3, 0.4) is 0 Å². The number of para-hydroxylation sites is 1. The molecule has 1 saturated carbocycles. The summed E-state index contributed by atoms with van der Waals surface area (Å²) in [7, 11) is 0. The summed E-state index contributed by atoms with van der Waals surface area (Å²) in [6.45, 7) is 0.366. The molecule has 0 saturated heterocycles. The monoisotopic (exact) mass is 336 g/mol. The second-order valence-corrected chi connectivity index (χ2v) is 6.64. The Kier molecular flexibility index (Phi) is 4.14. The highest BCUT2D eigenvalue weighted by Crippen LogP contribution is 2.27. The third-order valence-corrected chi connectivity index (χ3v) is 4.55. The molecule has 1 heterocycles. The second-order valence-electron chi connectivity index (χ2n) is 6.64. The quantitative estimate of drug-likeness (QED) is 0.902. The normalized spacial score (nSPS) is 18.6. The number of hydrogen-bond acceptors (Lipinski definition) is 3. The molecule has 2 aromatic rings. The van der Waals surface area contributed by atoms with Gasteiger partial charge in [0.25, 0.3) is 5.91 Å². The first-order valence-corrected chi connectivity index (χ1v) is 8.61. The van der Waals surface area contributed by atoms with Gasteiger partial charge >= 0.3 is 0 Å². The Hall–Kier alpha value is -2.82. The number of rotatable bonds is 4. The lowest BCUT2D eigenvalue weighted by molar-refractivity contribution is -0.121. The number of ether oxygens (including phenoxy) is 1. The summed E-state index contributed by atoms with van der Waals surface area (Å²) in [5.41, 5.74) is 2.24. The molecule has 0 unspecified atom stereocenters. The molecule has 0 spiro atoms. The van der Waals surface area contributed by atoms with Gasteiger partial charge in [-0.25, -0.2) is 0 Å². The molecule has 2 amide bonds. The zero-order valence-electron chi connectivity index (χ0n) is 13.8. The van der Waals surface area contributed by atoms with Crippen molar-refractivity contribution in [3.05, 3.63) is 59.7 Å². The van der Waals surface area contributed by atoms with E-state index in [1.807, 2.05) is 24.3 Å². The van der Waals surface area contributed by atoms with Crippen LogP contribution in [0.2, 0.25) is 0 Å². The fourth-order valence-corrected chi connectivity index (χ4v) is 2.98. The Morgan fingerprint density at radius 2 is 1.88 bits per heavy atom. The maximum absolute atomic E-state index is 12.6. The molecule has 1 atom stereocenters. The molecule has 2 aliphatic rings. The highest BCUT2D eigenvalue weighted by Gasteiger charge is 2.26. The third kappa shape index (κ3) is 3.65. The fourth-order valence-electron chi connectivity index (χ4n) is 2.98. The van der Waals surface area contributed by atoms with Gasteiger partial charge in [-0.15, -0.1) is 0 Å². The van der Waals surface area contributed by atoms with Crippen molar-refractivity contribution in [1.82, 2.24) is 5.32 Å². The Morgan fingerprint density at radius 3 is 2.72 bits per heavy atom. The van der Waals surface area contributed by atoms with Gasteiger partial charge in [0.15, 0.2) is 0 Å². The molecule has 1 fully saturated rings. The van der Waals surface area contributed by atoms with Crippen molar-refractivity contribution in [1.29, 1.82) is 0 Å². The molecule has 4 rings (SSSR count). The number of fused-ring (bicyclic) bond motifs is 1. The van der Waals surface area contributed by atoms with Crippen LogP contribution in [0.15, 0.2) is 48.5 Å². The summed E-state index contributed by atoms with van der Waals surface area (Å²) in [6.07, 6.45) is 2.75. The first kappa shape index (κ1) is 15.7. The molecule has 1 aliphatic carbocycles. The summed E-state index contributed by atoms with van der Waals surface area (Å²) in [4.78, 5) is 24.7. The predicted molar refractivity (Wildman–Crippen MR) is 94.7 cm³/mol. The van der Waals surface area contributed by atoms with E-state index < -0.39 is 0 Å². The number of benzene rings is 2. The van der Waals surface area contributed by atoms with Crippen LogP contribution >= 0.6 is 0 Å². The fraction of sp³-hybridized carbons (Fsp3) is 0.300. The number of carbonyl (C=O) groups excluding carboxylic acids is 2. The van der Waals surface area contributed by atoms with Crippen LogP contribution in [-0.4, -0.2) is 24.5 Å².